The number of nitrogens with zero attached hydrogens (tertiary/aromatic N) is 1. The molecule has 1 aliphatic rings. The molecule has 0 atom stereocenters. The third kappa shape index (κ3) is 6.72. The number of rotatable bonds is 4. The number of carboxylic acids is 1. The van der Waals surface area contributed by atoms with Crippen molar-refractivity contribution in [1.29, 1.82) is 0 Å². The van der Waals surface area contributed by atoms with Crippen LogP contribution in [0.5, 0.6) is 0 Å². The second-order valence-corrected chi connectivity index (χ2v) is 9.61. The quantitative estimate of drug-likeness (QED) is 0.333. The van der Waals surface area contributed by atoms with Crippen LogP contribution >= 0.6 is 34.8 Å². The maximum atomic E-state index is 12.1. The summed E-state index contributed by atoms with van der Waals surface area (Å²) in [5.74, 6) is -0.325. The molecular weight excluding hydrogens is 505 g/mol. The average Bonchev–Trinajstić information content (AvgIpc) is 3.11. The van der Waals surface area contributed by atoms with Gasteiger partial charge in [0.15, 0.2) is 0 Å². The van der Waals surface area contributed by atoms with Gasteiger partial charge in [-0.1, -0.05) is 53.0 Å². The van der Waals surface area contributed by atoms with Crippen LogP contribution in [0.3, 0.4) is 0 Å². The number of furan rings is 1. The van der Waals surface area contributed by atoms with Gasteiger partial charge in [0.25, 0.3) is 3.79 Å². The molecule has 2 aromatic heterocycles. The van der Waals surface area contributed by atoms with Gasteiger partial charge in [0.1, 0.15) is 17.2 Å². The molecule has 1 aromatic carbocycles. The zero-order chi connectivity index (χ0) is 24.9. The van der Waals surface area contributed by atoms with Gasteiger partial charge >= 0.3 is 5.97 Å². The molecule has 0 fully saturated rings. The Labute approximate surface area is 209 Å². The van der Waals surface area contributed by atoms with E-state index in [4.69, 9.17) is 44.3 Å². The molecule has 11 heteroatoms. The van der Waals surface area contributed by atoms with Crippen LogP contribution in [0.2, 0.25) is 0 Å². The second kappa shape index (κ2) is 10.9. The van der Waals surface area contributed by atoms with E-state index in [1.807, 2.05) is 37.3 Å². The number of fused-ring (bicyclic) bond motifs is 2. The van der Waals surface area contributed by atoms with E-state index in [-0.39, 0.29) is 11.8 Å². The van der Waals surface area contributed by atoms with Crippen molar-refractivity contribution in [2.45, 2.75) is 30.1 Å². The summed E-state index contributed by atoms with van der Waals surface area (Å²) < 4.78 is 3.63. The fourth-order valence-corrected chi connectivity index (χ4v) is 3.16. The summed E-state index contributed by atoms with van der Waals surface area (Å²) in [4.78, 5) is 37.4. The molecule has 3 heterocycles. The third-order valence-corrected chi connectivity index (χ3v) is 5.39. The molecule has 34 heavy (non-hydrogen) atoms. The maximum Gasteiger partial charge on any atom is 0.356 e. The predicted molar refractivity (Wildman–Crippen MR) is 131 cm³/mol. The number of carboxylic acid groups (broad SMARTS) is 1. The van der Waals surface area contributed by atoms with Gasteiger partial charge in [-0.3, -0.25) is 9.59 Å². The molecule has 0 bridgehead atoms. The fourth-order valence-electron chi connectivity index (χ4n) is 3.16. The summed E-state index contributed by atoms with van der Waals surface area (Å²) in [5, 5.41) is 14.5. The lowest BCUT2D eigenvalue weighted by Crippen LogP contribution is -2.20. The Morgan fingerprint density at radius 1 is 1.26 bits per heavy atom. The maximum absolute atomic E-state index is 12.1. The second-order valence-electron chi connectivity index (χ2n) is 7.33. The molecule has 3 N–H and O–H groups in total. The Balaban J connectivity index is 0.000000406. The Kier molecular flexibility index (Phi) is 8.19. The first kappa shape index (κ1) is 25.6. The van der Waals surface area contributed by atoms with Crippen molar-refractivity contribution in [1.82, 2.24) is 10.3 Å². The summed E-state index contributed by atoms with van der Waals surface area (Å²) in [5.41, 5.74) is 3.66. The molecule has 0 spiro atoms. The largest absolute Gasteiger partial charge is 0.478 e. The first-order valence-electron chi connectivity index (χ1n) is 10.1. The average molecular weight is 525 g/mol. The molecule has 0 radical (unpaired) electrons. The summed E-state index contributed by atoms with van der Waals surface area (Å²) in [6.07, 6.45) is 5.94. The van der Waals surface area contributed by atoms with Crippen molar-refractivity contribution in [2.75, 3.05) is 5.32 Å². The normalized spacial score (nSPS) is 13.1. The highest BCUT2D eigenvalue weighted by Gasteiger charge is 2.29. The number of nitrogens with one attached hydrogen (secondary N) is 2. The first-order chi connectivity index (χ1) is 16.0. The number of pyridine rings is 1. The summed E-state index contributed by atoms with van der Waals surface area (Å²) in [6.45, 7) is 2.32. The minimum atomic E-state index is -2.17. The Bertz CT molecular complexity index is 1260. The van der Waals surface area contributed by atoms with Crippen molar-refractivity contribution in [2.24, 2.45) is 0 Å². The molecule has 0 saturated carbocycles. The number of hydrogen-bond donors (Lipinski definition) is 3. The zero-order valence-corrected chi connectivity index (χ0v) is 20.2. The van der Waals surface area contributed by atoms with Crippen LogP contribution in [0.15, 0.2) is 47.0 Å². The molecular formula is C23H20Cl3N3O5. The van der Waals surface area contributed by atoms with E-state index in [1.54, 1.807) is 12.3 Å². The number of aryl methyl sites for hydroxylation is 2. The van der Waals surface area contributed by atoms with Gasteiger partial charge < -0.3 is 20.2 Å². The zero-order valence-electron chi connectivity index (χ0n) is 17.9. The number of anilines is 1. The molecule has 2 amide bonds. The van der Waals surface area contributed by atoms with E-state index < -0.39 is 9.76 Å². The number of carbonyl (C=O) groups is 3. The molecule has 0 aliphatic carbocycles. The lowest BCUT2D eigenvalue weighted by atomic mass is 10.0. The van der Waals surface area contributed by atoms with Gasteiger partial charge in [-0.2, -0.15) is 0 Å². The smallest absolute Gasteiger partial charge is 0.356 e. The summed E-state index contributed by atoms with van der Waals surface area (Å²) >= 11 is 14.4. The molecule has 0 saturated heterocycles. The number of alkyl halides is 3. The third-order valence-electron chi connectivity index (χ3n) is 4.90. The highest BCUT2D eigenvalue weighted by Crippen LogP contribution is 2.26. The number of halogens is 3. The number of aromatic nitrogens is 1. The van der Waals surface area contributed by atoms with E-state index in [2.05, 4.69) is 15.6 Å². The minimum Gasteiger partial charge on any atom is -0.478 e. The monoisotopic (exact) mass is 523 g/mol. The van der Waals surface area contributed by atoms with Crippen LogP contribution < -0.4 is 10.6 Å². The number of aliphatic carboxylic acids is 1. The molecule has 1 aliphatic heterocycles. The van der Waals surface area contributed by atoms with Gasteiger partial charge in [0.2, 0.25) is 11.8 Å². The molecule has 3 aromatic rings. The van der Waals surface area contributed by atoms with Crippen LogP contribution in [-0.2, 0) is 27.3 Å². The Morgan fingerprint density at radius 3 is 2.65 bits per heavy atom. The van der Waals surface area contributed by atoms with Crippen LogP contribution in [-0.4, -0.2) is 31.7 Å². The van der Waals surface area contributed by atoms with Crippen LogP contribution in [0.1, 0.15) is 28.9 Å². The van der Waals surface area contributed by atoms with Gasteiger partial charge in [-0.15, -0.1) is 0 Å². The number of carbonyl (C=O) groups excluding carboxylic acids is 2. The van der Waals surface area contributed by atoms with Gasteiger partial charge in [0, 0.05) is 29.6 Å². The van der Waals surface area contributed by atoms with Gasteiger partial charge in [-0.25, -0.2) is 9.78 Å². The van der Waals surface area contributed by atoms with E-state index >= 15 is 0 Å². The van der Waals surface area contributed by atoms with Crippen molar-refractivity contribution in [3.8, 4) is 0 Å². The predicted octanol–water partition coefficient (Wildman–Crippen LogP) is 4.79. The Hall–Kier alpha value is -3.07. The molecule has 8 nitrogen and oxygen atoms in total. The van der Waals surface area contributed by atoms with Crippen LogP contribution in [0, 0.1) is 6.92 Å². The fraction of sp³-hybridized carbons (Fsp3) is 0.217. The van der Waals surface area contributed by atoms with E-state index in [0.717, 1.165) is 33.4 Å². The van der Waals surface area contributed by atoms with E-state index in [9.17, 15) is 14.4 Å². The standard InChI is InChI=1S/C21H19N3O3.C2HCl3O2/c1-13-16-4-2-3-5-17(16)27-18(13)12-22-19(25)8-6-14-10-15-7-9-20(26)24-21(15)23-11-14;3-2(4,5)1(6)7/h2-6,8,10-11H,7,9,12H2,1H3,(H,22,25)(H,23,24,26);(H,6,7)/b8-6+;. The molecule has 0 unspecified atom stereocenters. The van der Waals surface area contributed by atoms with Gasteiger partial charge in [0.05, 0.1) is 6.54 Å². The van der Waals surface area contributed by atoms with Crippen molar-refractivity contribution < 1.29 is 23.9 Å². The van der Waals surface area contributed by atoms with Gasteiger partial charge in [-0.05, 0) is 42.7 Å². The van der Waals surface area contributed by atoms with Crippen LogP contribution in [0.4, 0.5) is 5.82 Å². The summed E-state index contributed by atoms with van der Waals surface area (Å²) in [7, 11) is 0. The van der Waals surface area contributed by atoms with Crippen molar-refractivity contribution >= 4 is 75.4 Å². The lowest BCUT2D eigenvalue weighted by Gasteiger charge is -2.15. The SMILES string of the molecule is Cc1c(CNC(=O)/C=C/c2cnc3c(c2)CCC(=O)N3)oc2ccccc12.O=C(O)C(Cl)(Cl)Cl. The number of hydrogen-bond acceptors (Lipinski definition) is 5. The van der Waals surface area contributed by atoms with E-state index in [1.165, 1.54) is 6.08 Å². The number of benzene rings is 1. The van der Waals surface area contributed by atoms with Crippen molar-refractivity contribution in [3.63, 3.8) is 0 Å². The topological polar surface area (TPSA) is 122 Å². The number of para-hydroxylation sites is 1. The minimum absolute atomic E-state index is 0.0152. The number of amides is 2. The Morgan fingerprint density at radius 2 is 1.97 bits per heavy atom. The van der Waals surface area contributed by atoms with Crippen molar-refractivity contribution in [3.05, 3.63) is 65.1 Å². The lowest BCUT2D eigenvalue weighted by molar-refractivity contribution is -0.136. The summed E-state index contributed by atoms with van der Waals surface area (Å²) in [6, 6.07) is 9.75. The first-order valence-corrected chi connectivity index (χ1v) is 11.2. The molecule has 4 rings (SSSR count). The highest BCUT2D eigenvalue weighted by atomic mass is 35.6. The van der Waals surface area contributed by atoms with Crippen LogP contribution in [0.25, 0.3) is 17.0 Å². The van der Waals surface area contributed by atoms with E-state index in [0.29, 0.717) is 25.2 Å². The highest BCUT2D eigenvalue weighted by molar-refractivity contribution is 6.75. The molecule has 178 valence electrons.